The Labute approximate surface area is 80.4 Å². The van der Waals surface area contributed by atoms with Gasteiger partial charge in [0, 0.05) is 4.88 Å². The normalized spacial score (nSPS) is 22.0. The van der Waals surface area contributed by atoms with Crippen molar-refractivity contribution in [3.63, 3.8) is 0 Å². The molecule has 0 saturated carbocycles. The van der Waals surface area contributed by atoms with Crippen LogP contribution in [0.2, 0.25) is 0 Å². The summed E-state index contributed by atoms with van der Waals surface area (Å²) < 4.78 is 0. The lowest BCUT2D eigenvalue weighted by Gasteiger charge is -2.06. The second kappa shape index (κ2) is 3.46. The SMILES string of the molecule is O=C(O)[C@H]1CCCCc2ncsc21. The van der Waals surface area contributed by atoms with E-state index < -0.39 is 5.97 Å². The van der Waals surface area contributed by atoms with Crippen LogP contribution in [0.25, 0.3) is 0 Å². The highest BCUT2D eigenvalue weighted by atomic mass is 32.1. The Balaban J connectivity index is 2.36. The number of nitrogens with zero attached hydrogens (tertiary/aromatic N) is 1. The zero-order valence-electron chi connectivity index (χ0n) is 7.19. The number of aromatic nitrogens is 1. The van der Waals surface area contributed by atoms with E-state index in [0.29, 0.717) is 0 Å². The first kappa shape index (κ1) is 8.69. The van der Waals surface area contributed by atoms with Gasteiger partial charge in [-0.05, 0) is 19.3 Å². The summed E-state index contributed by atoms with van der Waals surface area (Å²) in [5, 5.41) is 9.01. The number of aryl methyl sites for hydroxylation is 1. The molecular weight excluding hydrogens is 186 g/mol. The minimum atomic E-state index is -0.701. The molecule has 0 radical (unpaired) electrons. The molecule has 0 bridgehead atoms. The Morgan fingerprint density at radius 1 is 1.62 bits per heavy atom. The average Bonchev–Trinajstić information content (AvgIpc) is 2.44. The summed E-state index contributed by atoms with van der Waals surface area (Å²) >= 11 is 1.48. The van der Waals surface area contributed by atoms with Gasteiger partial charge in [0.2, 0.25) is 0 Å². The van der Waals surface area contributed by atoms with E-state index in [4.69, 9.17) is 5.11 Å². The van der Waals surface area contributed by atoms with E-state index in [1.807, 2.05) is 0 Å². The molecule has 0 unspecified atom stereocenters. The monoisotopic (exact) mass is 197 g/mol. The highest BCUT2D eigenvalue weighted by molar-refractivity contribution is 7.10. The van der Waals surface area contributed by atoms with Gasteiger partial charge in [-0.2, -0.15) is 0 Å². The second-order valence-corrected chi connectivity index (χ2v) is 4.19. The standard InChI is InChI=1S/C9H11NO2S/c11-9(12)6-3-1-2-4-7-8(6)13-5-10-7/h5-6H,1-4H2,(H,11,12)/t6-/m0/s1. The summed E-state index contributed by atoms with van der Waals surface area (Å²) in [5.41, 5.74) is 2.77. The summed E-state index contributed by atoms with van der Waals surface area (Å²) in [7, 11) is 0. The van der Waals surface area contributed by atoms with Gasteiger partial charge in [-0.3, -0.25) is 4.79 Å². The molecule has 0 saturated heterocycles. The van der Waals surface area contributed by atoms with Crippen LogP contribution in [0.15, 0.2) is 5.51 Å². The summed E-state index contributed by atoms with van der Waals surface area (Å²) in [5.74, 6) is -1.00. The number of hydrogen-bond acceptors (Lipinski definition) is 3. The Morgan fingerprint density at radius 2 is 2.46 bits per heavy atom. The molecule has 1 aliphatic carbocycles. The van der Waals surface area contributed by atoms with Gasteiger partial charge in [-0.15, -0.1) is 11.3 Å². The van der Waals surface area contributed by atoms with Crippen LogP contribution < -0.4 is 0 Å². The van der Waals surface area contributed by atoms with Gasteiger partial charge >= 0.3 is 5.97 Å². The zero-order valence-corrected chi connectivity index (χ0v) is 8.01. The maximum atomic E-state index is 10.9. The molecule has 0 aromatic carbocycles. The maximum Gasteiger partial charge on any atom is 0.311 e. The van der Waals surface area contributed by atoms with E-state index >= 15 is 0 Å². The summed E-state index contributed by atoms with van der Waals surface area (Å²) in [6.07, 6.45) is 3.79. The molecule has 1 N–H and O–H groups in total. The fraction of sp³-hybridized carbons (Fsp3) is 0.556. The molecule has 0 spiro atoms. The fourth-order valence-electron chi connectivity index (χ4n) is 1.76. The third-order valence-corrected chi connectivity index (χ3v) is 3.43. The highest BCUT2D eigenvalue weighted by Gasteiger charge is 2.26. The number of fused-ring (bicyclic) bond motifs is 1. The molecule has 2 rings (SSSR count). The first-order chi connectivity index (χ1) is 6.29. The van der Waals surface area contributed by atoms with Crippen LogP contribution >= 0.6 is 11.3 Å². The molecule has 0 fully saturated rings. The van der Waals surface area contributed by atoms with Gasteiger partial charge in [-0.1, -0.05) is 6.42 Å². The van der Waals surface area contributed by atoms with Crippen molar-refractivity contribution in [2.24, 2.45) is 0 Å². The van der Waals surface area contributed by atoms with E-state index in [1.54, 1.807) is 5.51 Å². The minimum absolute atomic E-state index is 0.301. The van der Waals surface area contributed by atoms with Crippen molar-refractivity contribution in [3.8, 4) is 0 Å². The molecular formula is C9H11NO2S. The second-order valence-electron chi connectivity index (χ2n) is 3.30. The molecule has 0 aliphatic heterocycles. The molecule has 1 aromatic rings. The number of hydrogen-bond donors (Lipinski definition) is 1. The number of aliphatic carboxylic acids is 1. The van der Waals surface area contributed by atoms with Crippen LogP contribution in [-0.2, 0) is 11.2 Å². The van der Waals surface area contributed by atoms with Gasteiger partial charge in [0.1, 0.15) is 0 Å². The van der Waals surface area contributed by atoms with Crippen molar-refractivity contribution in [1.82, 2.24) is 4.98 Å². The molecule has 70 valence electrons. The number of rotatable bonds is 1. The van der Waals surface area contributed by atoms with Crippen molar-refractivity contribution >= 4 is 17.3 Å². The minimum Gasteiger partial charge on any atom is -0.481 e. The number of thiazole rings is 1. The molecule has 1 aromatic heterocycles. The van der Waals surface area contributed by atoms with Crippen molar-refractivity contribution in [2.45, 2.75) is 31.6 Å². The van der Waals surface area contributed by atoms with Crippen LogP contribution in [0.5, 0.6) is 0 Å². The summed E-state index contributed by atoms with van der Waals surface area (Å²) in [4.78, 5) is 16.1. The number of carboxylic acids is 1. The van der Waals surface area contributed by atoms with Gasteiger partial charge in [-0.25, -0.2) is 4.98 Å². The molecule has 1 heterocycles. The summed E-state index contributed by atoms with van der Waals surface area (Å²) in [6, 6.07) is 0. The zero-order chi connectivity index (χ0) is 9.26. The third-order valence-electron chi connectivity index (χ3n) is 2.44. The molecule has 4 heteroatoms. The van der Waals surface area contributed by atoms with Crippen molar-refractivity contribution in [1.29, 1.82) is 0 Å². The molecule has 1 aliphatic rings. The van der Waals surface area contributed by atoms with Gasteiger partial charge < -0.3 is 5.11 Å². The summed E-state index contributed by atoms with van der Waals surface area (Å²) in [6.45, 7) is 0. The van der Waals surface area contributed by atoms with Crippen LogP contribution in [0.4, 0.5) is 0 Å². The predicted molar refractivity (Wildman–Crippen MR) is 50.0 cm³/mol. The lowest BCUT2D eigenvalue weighted by Crippen LogP contribution is -2.10. The van der Waals surface area contributed by atoms with Crippen molar-refractivity contribution in [3.05, 3.63) is 16.1 Å². The van der Waals surface area contributed by atoms with Crippen LogP contribution in [-0.4, -0.2) is 16.1 Å². The first-order valence-corrected chi connectivity index (χ1v) is 5.32. The van der Waals surface area contributed by atoms with E-state index in [0.717, 1.165) is 36.3 Å². The molecule has 13 heavy (non-hydrogen) atoms. The van der Waals surface area contributed by atoms with E-state index in [-0.39, 0.29) is 5.92 Å². The fourth-order valence-corrected chi connectivity index (χ4v) is 2.72. The maximum absolute atomic E-state index is 10.9. The lowest BCUT2D eigenvalue weighted by molar-refractivity contribution is -0.138. The Morgan fingerprint density at radius 3 is 3.23 bits per heavy atom. The lowest BCUT2D eigenvalue weighted by atomic mass is 10.0. The van der Waals surface area contributed by atoms with Crippen LogP contribution in [0.3, 0.4) is 0 Å². The number of carbonyl (C=O) groups is 1. The van der Waals surface area contributed by atoms with Crippen molar-refractivity contribution < 1.29 is 9.90 Å². The van der Waals surface area contributed by atoms with E-state index in [9.17, 15) is 4.79 Å². The first-order valence-electron chi connectivity index (χ1n) is 4.44. The topological polar surface area (TPSA) is 50.2 Å². The Kier molecular flexibility index (Phi) is 2.31. The highest BCUT2D eigenvalue weighted by Crippen LogP contribution is 2.32. The third kappa shape index (κ3) is 1.58. The largest absolute Gasteiger partial charge is 0.481 e. The molecule has 3 nitrogen and oxygen atoms in total. The van der Waals surface area contributed by atoms with E-state index in [2.05, 4.69) is 4.98 Å². The number of carboxylic acid groups (broad SMARTS) is 1. The molecule has 1 atom stereocenters. The predicted octanol–water partition coefficient (Wildman–Crippen LogP) is 2.04. The van der Waals surface area contributed by atoms with Gasteiger partial charge in [0.05, 0.1) is 17.1 Å². The van der Waals surface area contributed by atoms with Crippen LogP contribution in [0, 0.1) is 0 Å². The average molecular weight is 197 g/mol. The van der Waals surface area contributed by atoms with Gasteiger partial charge in [0.25, 0.3) is 0 Å². The quantitative estimate of drug-likeness (QED) is 0.701. The molecule has 0 amide bonds. The van der Waals surface area contributed by atoms with Crippen LogP contribution in [0.1, 0.15) is 35.8 Å². The van der Waals surface area contributed by atoms with E-state index in [1.165, 1.54) is 11.3 Å². The smallest absolute Gasteiger partial charge is 0.311 e. The Bertz CT molecular complexity index is 321. The van der Waals surface area contributed by atoms with Crippen molar-refractivity contribution in [2.75, 3.05) is 0 Å². The Hall–Kier alpha value is -0.900. The van der Waals surface area contributed by atoms with Gasteiger partial charge in [0.15, 0.2) is 0 Å².